The van der Waals surface area contributed by atoms with E-state index in [2.05, 4.69) is 0 Å². The molecule has 1 amide bonds. The van der Waals surface area contributed by atoms with Crippen LogP contribution in [-0.2, 0) is 14.3 Å². The summed E-state index contributed by atoms with van der Waals surface area (Å²) < 4.78 is 5.11. The molecule has 0 aromatic heterocycles. The molecule has 0 saturated carbocycles. The third-order valence-corrected chi connectivity index (χ3v) is 2.40. The van der Waals surface area contributed by atoms with Gasteiger partial charge in [0.2, 0.25) is 5.91 Å². The van der Waals surface area contributed by atoms with Gasteiger partial charge in [-0.05, 0) is 27.7 Å². The molecule has 5 heteroatoms. The summed E-state index contributed by atoms with van der Waals surface area (Å²) in [6.45, 7) is 7.16. The van der Waals surface area contributed by atoms with Gasteiger partial charge in [0, 0.05) is 19.5 Å². The zero-order valence-electron chi connectivity index (χ0n) is 11.8. The molecule has 0 fully saturated rings. The predicted molar refractivity (Wildman–Crippen MR) is 67.5 cm³/mol. The Morgan fingerprint density at radius 1 is 1.33 bits per heavy atom. The fraction of sp³-hybridized carbons (Fsp3) is 0.769. The Labute approximate surface area is 109 Å². The summed E-state index contributed by atoms with van der Waals surface area (Å²) in [5.74, 6) is -0.527. The van der Waals surface area contributed by atoms with Crippen molar-refractivity contribution in [2.45, 2.75) is 58.6 Å². The molecule has 0 rings (SSSR count). The van der Waals surface area contributed by atoms with Gasteiger partial charge in [-0.2, -0.15) is 5.26 Å². The average molecular weight is 254 g/mol. The molecule has 1 atom stereocenters. The van der Waals surface area contributed by atoms with Crippen molar-refractivity contribution in [3.63, 3.8) is 0 Å². The van der Waals surface area contributed by atoms with Crippen molar-refractivity contribution in [3.05, 3.63) is 0 Å². The lowest BCUT2D eigenvalue weighted by Gasteiger charge is -2.23. The first-order chi connectivity index (χ1) is 8.17. The van der Waals surface area contributed by atoms with E-state index in [0.29, 0.717) is 0 Å². The smallest absolute Gasteiger partial charge is 0.306 e. The predicted octanol–water partition coefficient (Wildman–Crippen LogP) is 1.87. The van der Waals surface area contributed by atoms with E-state index in [4.69, 9.17) is 10.00 Å². The fourth-order valence-corrected chi connectivity index (χ4v) is 1.29. The van der Waals surface area contributed by atoms with Crippen molar-refractivity contribution >= 4 is 11.9 Å². The highest BCUT2D eigenvalue weighted by molar-refractivity contribution is 5.81. The summed E-state index contributed by atoms with van der Waals surface area (Å²) in [6, 6.07) is 1.88. The van der Waals surface area contributed by atoms with Crippen molar-refractivity contribution in [3.8, 4) is 6.07 Å². The number of hydrogen-bond donors (Lipinski definition) is 0. The zero-order valence-corrected chi connectivity index (χ0v) is 11.8. The maximum atomic E-state index is 11.7. The third kappa shape index (κ3) is 6.89. The third-order valence-electron chi connectivity index (χ3n) is 2.40. The molecule has 102 valence electrons. The Kier molecular flexibility index (Phi) is 6.39. The number of ether oxygens (including phenoxy) is 1. The number of amides is 1. The molecule has 5 nitrogen and oxygen atoms in total. The standard InChI is InChI=1S/C13H22N2O3/c1-10(8-9-14)15(5)11(16)6-7-12(17)18-13(2,3)4/h10H,6-8H2,1-5H3. The average Bonchev–Trinajstić information content (AvgIpc) is 2.22. The molecule has 0 N–H and O–H groups in total. The second kappa shape index (κ2) is 7.00. The summed E-state index contributed by atoms with van der Waals surface area (Å²) in [7, 11) is 1.64. The van der Waals surface area contributed by atoms with Crippen LogP contribution in [0.5, 0.6) is 0 Å². The van der Waals surface area contributed by atoms with Crippen LogP contribution in [0.15, 0.2) is 0 Å². The van der Waals surface area contributed by atoms with Gasteiger partial charge >= 0.3 is 5.97 Å². The molecule has 0 aromatic rings. The highest BCUT2D eigenvalue weighted by atomic mass is 16.6. The molecule has 0 spiro atoms. The molecule has 0 aliphatic carbocycles. The molecule has 1 unspecified atom stereocenters. The molecule has 0 saturated heterocycles. The first-order valence-electron chi connectivity index (χ1n) is 6.02. The summed E-state index contributed by atoms with van der Waals surface area (Å²) in [5.41, 5.74) is -0.528. The van der Waals surface area contributed by atoms with Crippen molar-refractivity contribution in [2.24, 2.45) is 0 Å². The molecule has 18 heavy (non-hydrogen) atoms. The Hall–Kier alpha value is -1.57. The monoisotopic (exact) mass is 254 g/mol. The highest BCUT2D eigenvalue weighted by Gasteiger charge is 2.20. The minimum Gasteiger partial charge on any atom is -0.460 e. The van der Waals surface area contributed by atoms with Crippen LogP contribution in [0, 0.1) is 11.3 Å². The molecule has 0 radical (unpaired) electrons. The van der Waals surface area contributed by atoms with Crippen LogP contribution in [0.1, 0.15) is 47.0 Å². The van der Waals surface area contributed by atoms with Crippen LogP contribution >= 0.6 is 0 Å². The second-order valence-corrected chi connectivity index (χ2v) is 5.30. The van der Waals surface area contributed by atoms with Crippen LogP contribution < -0.4 is 0 Å². The van der Waals surface area contributed by atoms with E-state index in [1.807, 2.05) is 6.07 Å². The molecule has 0 aliphatic heterocycles. The molecular formula is C13H22N2O3. The van der Waals surface area contributed by atoms with Crippen LogP contribution in [-0.4, -0.2) is 35.5 Å². The molecular weight excluding hydrogens is 232 g/mol. The summed E-state index contributed by atoms with van der Waals surface area (Å²) in [5, 5.41) is 8.55. The fourth-order valence-electron chi connectivity index (χ4n) is 1.29. The number of nitrogens with zero attached hydrogens (tertiary/aromatic N) is 2. The summed E-state index contributed by atoms with van der Waals surface area (Å²) in [4.78, 5) is 24.7. The number of hydrogen-bond acceptors (Lipinski definition) is 4. The van der Waals surface area contributed by atoms with E-state index in [9.17, 15) is 9.59 Å². The lowest BCUT2D eigenvalue weighted by molar-refractivity contribution is -0.156. The van der Waals surface area contributed by atoms with Crippen molar-refractivity contribution in [2.75, 3.05) is 7.05 Å². The Bertz CT molecular complexity index is 339. The summed E-state index contributed by atoms with van der Waals surface area (Å²) in [6.07, 6.45) is 0.468. The van der Waals surface area contributed by atoms with E-state index >= 15 is 0 Å². The first-order valence-corrected chi connectivity index (χ1v) is 6.02. The van der Waals surface area contributed by atoms with E-state index in [1.54, 1.807) is 34.7 Å². The van der Waals surface area contributed by atoms with Crippen molar-refractivity contribution in [1.82, 2.24) is 4.90 Å². The summed E-state index contributed by atoms with van der Waals surface area (Å²) >= 11 is 0. The molecule has 0 aliphatic rings. The number of esters is 1. The SMILES string of the molecule is CC(CC#N)N(C)C(=O)CCC(=O)OC(C)(C)C. The maximum absolute atomic E-state index is 11.7. The van der Waals surface area contributed by atoms with Gasteiger partial charge in [-0.1, -0.05) is 0 Å². The van der Waals surface area contributed by atoms with Crippen molar-refractivity contribution in [1.29, 1.82) is 5.26 Å². The van der Waals surface area contributed by atoms with E-state index in [1.165, 1.54) is 4.90 Å². The second-order valence-electron chi connectivity index (χ2n) is 5.30. The van der Waals surface area contributed by atoms with E-state index in [0.717, 1.165) is 0 Å². The topological polar surface area (TPSA) is 70.4 Å². The van der Waals surface area contributed by atoms with Gasteiger partial charge in [0.1, 0.15) is 5.60 Å². The minimum absolute atomic E-state index is 0.0692. The molecule has 0 aromatic carbocycles. The number of carbonyl (C=O) groups is 2. The van der Waals surface area contributed by atoms with Gasteiger partial charge in [-0.3, -0.25) is 9.59 Å². The number of carbonyl (C=O) groups excluding carboxylic acids is 2. The Morgan fingerprint density at radius 3 is 2.33 bits per heavy atom. The highest BCUT2D eigenvalue weighted by Crippen LogP contribution is 2.10. The quantitative estimate of drug-likeness (QED) is 0.702. The van der Waals surface area contributed by atoms with E-state index < -0.39 is 5.60 Å². The van der Waals surface area contributed by atoms with Crippen LogP contribution in [0.25, 0.3) is 0 Å². The molecule has 0 heterocycles. The number of nitriles is 1. The van der Waals surface area contributed by atoms with Gasteiger partial charge in [0.15, 0.2) is 0 Å². The van der Waals surface area contributed by atoms with Crippen LogP contribution in [0.2, 0.25) is 0 Å². The maximum Gasteiger partial charge on any atom is 0.306 e. The van der Waals surface area contributed by atoms with Gasteiger partial charge in [0.25, 0.3) is 0 Å². The zero-order chi connectivity index (χ0) is 14.3. The largest absolute Gasteiger partial charge is 0.460 e. The van der Waals surface area contributed by atoms with Gasteiger partial charge in [0.05, 0.1) is 18.9 Å². The number of rotatable bonds is 5. The van der Waals surface area contributed by atoms with Crippen LogP contribution in [0.4, 0.5) is 0 Å². The lowest BCUT2D eigenvalue weighted by Crippen LogP contribution is -2.35. The van der Waals surface area contributed by atoms with E-state index in [-0.39, 0.29) is 37.2 Å². The van der Waals surface area contributed by atoms with Gasteiger partial charge < -0.3 is 9.64 Å². The molecule has 0 bridgehead atoms. The first kappa shape index (κ1) is 16.4. The van der Waals surface area contributed by atoms with Crippen LogP contribution in [0.3, 0.4) is 0 Å². The van der Waals surface area contributed by atoms with Crippen molar-refractivity contribution < 1.29 is 14.3 Å². The normalized spacial score (nSPS) is 12.4. The van der Waals surface area contributed by atoms with Gasteiger partial charge in [-0.25, -0.2) is 0 Å². The Morgan fingerprint density at radius 2 is 1.89 bits per heavy atom. The van der Waals surface area contributed by atoms with Gasteiger partial charge in [-0.15, -0.1) is 0 Å². The Balaban J connectivity index is 4.11. The lowest BCUT2D eigenvalue weighted by atomic mass is 10.2. The minimum atomic E-state index is -0.528.